The summed E-state index contributed by atoms with van der Waals surface area (Å²) in [6.07, 6.45) is -3.45. The molecule has 0 aliphatic carbocycles. The van der Waals surface area contributed by atoms with E-state index in [-0.39, 0.29) is 6.03 Å². The molecule has 1 atom stereocenters. The Morgan fingerprint density at radius 3 is 2.32 bits per heavy atom. The Morgan fingerprint density at radius 1 is 0.964 bits per heavy atom. The molecule has 148 valence electrons. The zero-order valence-electron chi connectivity index (χ0n) is 15.2. The van der Waals surface area contributed by atoms with E-state index in [1.807, 2.05) is 18.2 Å². The molecule has 0 spiro atoms. The first-order chi connectivity index (χ1) is 13.3. The van der Waals surface area contributed by atoms with Gasteiger partial charge in [-0.3, -0.25) is 0 Å². The van der Waals surface area contributed by atoms with Crippen molar-refractivity contribution >= 4 is 6.03 Å². The number of alkyl halides is 3. The highest BCUT2D eigenvalue weighted by Crippen LogP contribution is 2.32. The van der Waals surface area contributed by atoms with Gasteiger partial charge in [0.2, 0.25) is 0 Å². The van der Waals surface area contributed by atoms with Crippen molar-refractivity contribution in [2.45, 2.75) is 31.7 Å². The number of benzene rings is 2. The summed E-state index contributed by atoms with van der Waals surface area (Å²) in [5, 5.41) is 9.65. The fourth-order valence-electron chi connectivity index (χ4n) is 3.87. The maximum absolute atomic E-state index is 12.8. The first-order valence-corrected chi connectivity index (χ1v) is 9.32. The van der Waals surface area contributed by atoms with Crippen LogP contribution in [0.2, 0.25) is 0 Å². The first kappa shape index (κ1) is 18.8. The van der Waals surface area contributed by atoms with Gasteiger partial charge < -0.3 is 14.9 Å². The van der Waals surface area contributed by atoms with Gasteiger partial charge in [0.25, 0.3) is 0 Å². The molecule has 2 aliphatic rings. The van der Waals surface area contributed by atoms with E-state index in [1.165, 1.54) is 12.1 Å². The number of amides is 2. The number of β-amino-alcohol motifs (C(OH)–C–C–N with tert-alkyl or cyclic N) is 1. The second-order valence-electron chi connectivity index (χ2n) is 7.40. The van der Waals surface area contributed by atoms with E-state index in [9.17, 15) is 23.1 Å². The van der Waals surface area contributed by atoms with Crippen LogP contribution in [0.4, 0.5) is 18.0 Å². The number of nitrogens with zero attached hydrogens (tertiary/aromatic N) is 2. The van der Waals surface area contributed by atoms with Crippen LogP contribution in [-0.2, 0) is 19.1 Å². The van der Waals surface area contributed by atoms with Crippen molar-refractivity contribution in [3.63, 3.8) is 0 Å². The highest BCUT2D eigenvalue weighted by atomic mass is 19.4. The van der Waals surface area contributed by atoms with E-state index < -0.39 is 17.8 Å². The van der Waals surface area contributed by atoms with E-state index in [0.717, 1.165) is 35.2 Å². The minimum absolute atomic E-state index is 0.0675. The predicted octanol–water partition coefficient (Wildman–Crippen LogP) is 3.92. The number of hydrogen-bond donors (Lipinski definition) is 1. The van der Waals surface area contributed by atoms with Gasteiger partial charge in [0.1, 0.15) is 0 Å². The first-order valence-electron chi connectivity index (χ1n) is 9.32. The van der Waals surface area contributed by atoms with Crippen LogP contribution in [0.25, 0.3) is 11.1 Å². The molecular weight excluding hydrogens is 369 g/mol. The van der Waals surface area contributed by atoms with Gasteiger partial charge >= 0.3 is 12.2 Å². The highest BCUT2D eigenvalue weighted by molar-refractivity contribution is 5.75. The summed E-state index contributed by atoms with van der Waals surface area (Å²) in [5.74, 6) is 0. The van der Waals surface area contributed by atoms with Crippen LogP contribution in [0.1, 0.15) is 23.1 Å². The molecule has 0 saturated carbocycles. The lowest BCUT2D eigenvalue weighted by atomic mass is 9.94. The number of rotatable bonds is 1. The van der Waals surface area contributed by atoms with Crippen LogP contribution in [0.5, 0.6) is 0 Å². The quantitative estimate of drug-likeness (QED) is 0.802. The summed E-state index contributed by atoms with van der Waals surface area (Å²) in [5.41, 5.74) is 3.04. The fraction of sp³-hybridized carbons (Fsp3) is 0.381. The van der Waals surface area contributed by atoms with Crippen molar-refractivity contribution in [3.8, 4) is 11.1 Å². The van der Waals surface area contributed by atoms with Gasteiger partial charge in [0.05, 0.1) is 11.7 Å². The molecule has 28 heavy (non-hydrogen) atoms. The average Bonchev–Trinajstić information content (AvgIpc) is 3.12. The molecule has 1 saturated heterocycles. The van der Waals surface area contributed by atoms with E-state index in [2.05, 4.69) is 0 Å². The van der Waals surface area contributed by atoms with E-state index in [0.29, 0.717) is 38.2 Å². The van der Waals surface area contributed by atoms with Gasteiger partial charge in [-0.15, -0.1) is 0 Å². The fourth-order valence-corrected chi connectivity index (χ4v) is 3.87. The van der Waals surface area contributed by atoms with E-state index in [4.69, 9.17) is 0 Å². The Bertz CT molecular complexity index is 880. The van der Waals surface area contributed by atoms with Crippen LogP contribution < -0.4 is 0 Å². The van der Waals surface area contributed by atoms with Crippen LogP contribution >= 0.6 is 0 Å². The Kier molecular flexibility index (Phi) is 4.79. The Labute approximate surface area is 161 Å². The van der Waals surface area contributed by atoms with Gasteiger partial charge in [-0.05, 0) is 53.3 Å². The molecular formula is C21H21F3N2O2. The van der Waals surface area contributed by atoms with Crippen LogP contribution in [0.15, 0.2) is 42.5 Å². The zero-order chi connectivity index (χ0) is 19.9. The van der Waals surface area contributed by atoms with Crippen molar-refractivity contribution in [2.75, 3.05) is 19.6 Å². The summed E-state index contributed by atoms with van der Waals surface area (Å²) in [7, 11) is 0. The lowest BCUT2D eigenvalue weighted by molar-refractivity contribution is -0.137. The van der Waals surface area contributed by atoms with E-state index >= 15 is 0 Å². The normalized spacial score (nSPS) is 19.6. The second kappa shape index (κ2) is 7.13. The van der Waals surface area contributed by atoms with Gasteiger partial charge in [-0.25, -0.2) is 4.79 Å². The predicted molar refractivity (Wildman–Crippen MR) is 98.6 cm³/mol. The number of aliphatic hydroxyl groups excluding tert-OH is 1. The number of aliphatic hydroxyl groups is 1. The van der Waals surface area contributed by atoms with E-state index in [1.54, 1.807) is 9.80 Å². The second-order valence-corrected chi connectivity index (χ2v) is 7.40. The van der Waals surface area contributed by atoms with Crippen molar-refractivity contribution in [1.29, 1.82) is 0 Å². The highest BCUT2D eigenvalue weighted by Gasteiger charge is 2.31. The number of likely N-dealkylation sites (tertiary alicyclic amines) is 1. The Hall–Kier alpha value is -2.54. The summed E-state index contributed by atoms with van der Waals surface area (Å²) in [6.45, 7) is 2.02. The molecule has 1 unspecified atom stereocenters. The molecule has 0 bridgehead atoms. The maximum atomic E-state index is 12.8. The van der Waals surface area contributed by atoms with Crippen LogP contribution in [-0.4, -0.2) is 46.7 Å². The lowest BCUT2D eigenvalue weighted by Gasteiger charge is -2.32. The third-order valence-corrected chi connectivity index (χ3v) is 5.47. The molecule has 2 heterocycles. The SMILES string of the molecule is O=C(N1CCc2ccc(-c3ccc(C(F)(F)F)cc3)cc2C1)N1CCC(O)C1. The maximum Gasteiger partial charge on any atom is 0.416 e. The van der Waals surface area contributed by atoms with Gasteiger partial charge in [0, 0.05) is 26.2 Å². The standard InChI is InChI=1S/C21H21F3N2O2/c22-21(23,24)18-5-3-14(4-6-18)16-2-1-15-7-9-25(12-17(15)11-16)20(28)26-10-8-19(27)13-26/h1-6,11,19,27H,7-10,12-13H2. The molecule has 2 aromatic rings. The molecule has 2 aromatic carbocycles. The third kappa shape index (κ3) is 3.71. The number of carbonyl (C=O) groups is 1. The monoisotopic (exact) mass is 390 g/mol. The molecule has 0 radical (unpaired) electrons. The molecule has 4 nitrogen and oxygen atoms in total. The molecule has 2 aliphatic heterocycles. The average molecular weight is 390 g/mol. The third-order valence-electron chi connectivity index (χ3n) is 5.47. The van der Waals surface area contributed by atoms with Gasteiger partial charge in [-0.1, -0.05) is 24.3 Å². The molecule has 1 fully saturated rings. The molecule has 4 rings (SSSR count). The van der Waals surface area contributed by atoms with Crippen molar-refractivity contribution < 1.29 is 23.1 Å². The topological polar surface area (TPSA) is 43.8 Å². The van der Waals surface area contributed by atoms with Crippen molar-refractivity contribution in [1.82, 2.24) is 9.80 Å². The number of carbonyl (C=O) groups excluding carboxylic acids is 1. The summed E-state index contributed by atoms with van der Waals surface area (Å²) in [6, 6.07) is 10.9. The number of hydrogen-bond acceptors (Lipinski definition) is 2. The molecule has 0 aromatic heterocycles. The minimum atomic E-state index is -4.35. The number of urea groups is 1. The minimum Gasteiger partial charge on any atom is -0.391 e. The van der Waals surface area contributed by atoms with Crippen LogP contribution in [0.3, 0.4) is 0 Å². The van der Waals surface area contributed by atoms with Crippen molar-refractivity contribution in [3.05, 3.63) is 59.2 Å². The molecule has 1 N–H and O–H groups in total. The summed E-state index contributed by atoms with van der Waals surface area (Å²) >= 11 is 0. The Balaban J connectivity index is 1.53. The Morgan fingerprint density at radius 2 is 1.68 bits per heavy atom. The van der Waals surface area contributed by atoms with Gasteiger partial charge in [-0.2, -0.15) is 13.2 Å². The number of fused-ring (bicyclic) bond motifs is 1. The molecule has 7 heteroatoms. The van der Waals surface area contributed by atoms with Gasteiger partial charge in [0.15, 0.2) is 0 Å². The zero-order valence-corrected chi connectivity index (χ0v) is 15.2. The molecule has 2 amide bonds. The summed E-state index contributed by atoms with van der Waals surface area (Å²) in [4.78, 5) is 16.1. The van der Waals surface area contributed by atoms with Crippen LogP contribution in [0, 0.1) is 0 Å². The number of halogens is 3. The smallest absolute Gasteiger partial charge is 0.391 e. The largest absolute Gasteiger partial charge is 0.416 e. The lowest BCUT2D eigenvalue weighted by Crippen LogP contribution is -2.44. The van der Waals surface area contributed by atoms with Crippen molar-refractivity contribution in [2.24, 2.45) is 0 Å². The summed E-state index contributed by atoms with van der Waals surface area (Å²) < 4.78 is 38.3.